The lowest BCUT2D eigenvalue weighted by atomic mass is 10.1. The van der Waals surface area contributed by atoms with Crippen molar-refractivity contribution in [3.05, 3.63) is 28.5 Å². The van der Waals surface area contributed by atoms with E-state index < -0.39 is 9.84 Å². The first-order chi connectivity index (χ1) is 12.4. The highest BCUT2D eigenvalue weighted by Gasteiger charge is 2.29. The zero-order valence-corrected chi connectivity index (χ0v) is 16.5. The third-order valence-corrected chi connectivity index (χ3v) is 7.79. The molecule has 1 aromatic carbocycles. The monoisotopic (exact) mass is 415 g/mol. The Morgan fingerprint density at radius 1 is 1.35 bits per heavy atom. The van der Waals surface area contributed by atoms with Crippen LogP contribution in [0.25, 0.3) is 0 Å². The molecule has 0 saturated carbocycles. The van der Waals surface area contributed by atoms with E-state index in [0.717, 1.165) is 16.5 Å². The number of benzene rings is 1. The quantitative estimate of drug-likeness (QED) is 0.693. The molecule has 2 aliphatic rings. The highest BCUT2D eigenvalue weighted by molar-refractivity contribution is 7.98. The number of thioether (sulfide) groups is 1. The summed E-state index contributed by atoms with van der Waals surface area (Å²) in [5.74, 6) is 3.40. The van der Waals surface area contributed by atoms with Crippen LogP contribution in [0.3, 0.4) is 0 Å². The van der Waals surface area contributed by atoms with Gasteiger partial charge in [0, 0.05) is 19.2 Å². The average molecular weight is 416 g/mol. The van der Waals surface area contributed by atoms with Crippen molar-refractivity contribution in [3.63, 3.8) is 0 Å². The predicted octanol–water partition coefficient (Wildman–Crippen LogP) is 2.47. The average Bonchev–Trinajstić information content (AvgIpc) is 3.27. The van der Waals surface area contributed by atoms with Crippen molar-refractivity contribution in [2.45, 2.75) is 23.8 Å². The van der Waals surface area contributed by atoms with E-state index in [0.29, 0.717) is 35.1 Å². The van der Waals surface area contributed by atoms with Crippen LogP contribution >= 0.6 is 23.4 Å². The number of nitrogens with zero attached hydrogens (tertiary/aromatic N) is 3. The molecule has 0 unspecified atom stereocenters. The number of hydrogen-bond donors (Lipinski definition) is 0. The van der Waals surface area contributed by atoms with Gasteiger partial charge in [0.15, 0.2) is 26.5 Å². The molecule has 0 N–H and O–H groups in total. The maximum Gasteiger partial charge on any atom is 0.231 e. The lowest BCUT2D eigenvalue weighted by molar-refractivity contribution is 0.174. The zero-order chi connectivity index (χ0) is 18.3. The minimum Gasteiger partial charge on any atom is -0.454 e. The fraction of sp³-hybridized carbons (Fsp3) is 0.500. The van der Waals surface area contributed by atoms with E-state index in [1.807, 2.05) is 23.7 Å². The Labute approximate surface area is 161 Å². The van der Waals surface area contributed by atoms with Gasteiger partial charge in [-0.25, -0.2) is 8.42 Å². The van der Waals surface area contributed by atoms with Crippen LogP contribution in [0.5, 0.6) is 11.5 Å². The molecule has 1 atom stereocenters. The molecular formula is C16H18ClN3O4S2. The summed E-state index contributed by atoms with van der Waals surface area (Å²) in [6.45, 7) is 0.190. The Kier molecular flexibility index (Phi) is 4.79. The molecule has 1 aromatic heterocycles. The van der Waals surface area contributed by atoms with Gasteiger partial charge in [0.2, 0.25) is 6.79 Å². The maximum absolute atomic E-state index is 11.6. The molecule has 0 aliphatic carbocycles. The summed E-state index contributed by atoms with van der Waals surface area (Å²) in [6, 6.07) is 3.78. The molecule has 2 aromatic rings. The lowest BCUT2D eigenvalue weighted by Crippen LogP contribution is -2.11. The molecule has 0 amide bonds. The molecule has 140 valence electrons. The first kappa shape index (κ1) is 17.9. The standard InChI is InChI=1S/C16H18ClN3O4S2/c1-20-14(6-10-2-3-26(21,22)8-10)18-19-16(20)25-7-11-4-12(17)15-13(5-11)23-9-24-15/h4-5,10H,2-3,6-9H2,1H3/t10-/m0/s1. The predicted molar refractivity (Wildman–Crippen MR) is 98.6 cm³/mol. The minimum atomic E-state index is -2.87. The number of rotatable bonds is 5. The van der Waals surface area contributed by atoms with E-state index in [2.05, 4.69) is 10.2 Å². The number of hydrogen-bond acceptors (Lipinski definition) is 7. The summed E-state index contributed by atoms with van der Waals surface area (Å²) in [4.78, 5) is 0. The van der Waals surface area contributed by atoms with Crippen molar-refractivity contribution < 1.29 is 17.9 Å². The molecule has 3 heterocycles. The first-order valence-electron chi connectivity index (χ1n) is 8.21. The van der Waals surface area contributed by atoms with Gasteiger partial charge >= 0.3 is 0 Å². The number of sulfone groups is 1. The summed E-state index contributed by atoms with van der Waals surface area (Å²) in [7, 11) is -0.964. The van der Waals surface area contributed by atoms with E-state index in [1.54, 1.807) is 11.8 Å². The summed E-state index contributed by atoms with van der Waals surface area (Å²) in [5.41, 5.74) is 1.01. The van der Waals surface area contributed by atoms with Gasteiger partial charge in [0.25, 0.3) is 0 Å². The van der Waals surface area contributed by atoms with Crippen LogP contribution in [0.15, 0.2) is 17.3 Å². The molecule has 0 bridgehead atoms. The Balaban J connectivity index is 1.42. The van der Waals surface area contributed by atoms with Gasteiger partial charge in [-0.3, -0.25) is 0 Å². The van der Waals surface area contributed by atoms with Crippen LogP contribution in [0.1, 0.15) is 17.8 Å². The van der Waals surface area contributed by atoms with Crippen molar-refractivity contribution in [1.29, 1.82) is 0 Å². The van der Waals surface area contributed by atoms with E-state index in [1.165, 1.54) is 0 Å². The maximum atomic E-state index is 11.6. The number of ether oxygens (including phenoxy) is 2. The summed E-state index contributed by atoms with van der Waals surface area (Å²) < 4.78 is 35.9. The Bertz CT molecular complexity index is 945. The van der Waals surface area contributed by atoms with Gasteiger partial charge in [-0.2, -0.15) is 0 Å². The summed E-state index contributed by atoms with van der Waals surface area (Å²) in [5, 5.41) is 9.81. The number of fused-ring (bicyclic) bond motifs is 1. The van der Waals surface area contributed by atoms with Crippen LogP contribution in [-0.2, 0) is 29.1 Å². The number of halogens is 1. The second-order valence-corrected chi connectivity index (χ2v) is 10.1. The van der Waals surface area contributed by atoms with E-state index in [4.69, 9.17) is 21.1 Å². The molecule has 10 heteroatoms. The Morgan fingerprint density at radius 2 is 2.19 bits per heavy atom. The topological polar surface area (TPSA) is 83.3 Å². The minimum absolute atomic E-state index is 0.133. The van der Waals surface area contributed by atoms with Crippen LogP contribution in [0, 0.1) is 5.92 Å². The summed E-state index contributed by atoms with van der Waals surface area (Å²) >= 11 is 7.76. The first-order valence-corrected chi connectivity index (χ1v) is 11.4. The Morgan fingerprint density at radius 3 is 2.96 bits per heavy atom. The second kappa shape index (κ2) is 6.94. The molecule has 4 rings (SSSR count). The van der Waals surface area contributed by atoms with Gasteiger partial charge in [0.05, 0.1) is 16.5 Å². The van der Waals surface area contributed by atoms with Gasteiger partial charge in [-0.05, 0) is 30.0 Å². The Hall–Kier alpha value is -1.45. The fourth-order valence-electron chi connectivity index (χ4n) is 3.19. The van der Waals surface area contributed by atoms with Crippen molar-refractivity contribution in [3.8, 4) is 11.5 Å². The van der Waals surface area contributed by atoms with Crippen molar-refractivity contribution >= 4 is 33.2 Å². The van der Waals surface area contributed by atoms with Crippen LogP contribution < -0.4 is 9.47 Å². The van der Waals surface area contributed by atoms with E-state index in [-0.39, 0.29) is 24.2 Å². The van der Waals surface area contributed by atoms with Gasteiger partial charge in [-0.1, -0.05) is 23.4 Å². The van der Waals surface area contributed by atoms with Crippen LogP contribution in [0.2, 0.25) is 5.02 Å². The van der Waals surface area contributed by atoms with Crippen LogP contribution in [-0.4, -0.2) is 41.5 Å². The molecule has 26 heavy (non-hydrogen) atoms. The molecule has 1 fully saturated rings. The molecule has 0 spiro atoms. The van der Waals surface area contributed by atoms with Crippen molar-refractivity contribution in [1.82, 2.24) is 14.8 Å². The van der Waals surface area contributed by atoms with Crippen molar-refractivity contribution in [2.24, 2.45) is 13.0 Å². The largest absolute Gasteiger partial charge is 0.454 e. The second-order valence-electron chi connectivity index (χ2n) is 6.53. The summed E-state index contributed by atoms with van der Waals surface area (Å²) in [6.07, 6.45) is 1.34. The van der Waals surface area contributed by atoms with Gasteiger partial charge in [0.1, 0.15) is 5.82 Å². The van der Waals surface area contributed by atoms with Gasteiger partial charge < -0.3 is 14.0 Å². The number of aromatic nitrogens is 3. The van der Waals surface area contributed by atoms with Crippen LogP contribution in [0.4, 0.5) is 0 Å². The molecule has 0 radical (unpaired) electrons. The molecule has 2 aliphatic heterocycles. The zero-order valence-electron chi connectivity index (χ0n) is 14.1. The smallest absolute Gasteiger partial charge is 0.231 e. The van der Waals surface area contributed by atoms with Gasteiger partial charge in [-0.15, -0.1) is 10.2 Å². The fourth-order valence-corrected chi connectivity index (χ4v) is 6.20. The molecule has 1 saturated heterocycles. The van der Waals surface area contributed by atoms with E-state index in [9.17, 15) is 8.42 Å². The highest BCUT2D eigenvalue weighted by Crippen LogP contribution is 2.40. The van der Waals surface area contributed by atoms with E-state index >= 15 is 0 Å². The molecular weight excluding hydrogens is 398 g/mol. The third kappa shape index (κ3) is 3.65. The normalized spacial score (nSPS) is 20.6. The SMILES string of the molecule is Cn1c(C[C@@H]2CCS(=O)(=O)C2)nnc1SCc1cc(Cl)c2c(c1)OCO2. The van der Waals surface area contributed by atoms with Crippen molar-refractivity contribution in [2.75, 3.05) is 18.3 Å². The molecule has 7 nitrogen and oxygen atoms in total. The highest BCUT2D eigenvalue weighted by atomic mass is 35.5. The third-order valence-electron chi connectivity index (χ3n) is 4.58. The lowest BCUT2D eigenvalue weighted by Gasteiger charge is -2.08.